The first kappa shape index (κ1) is 24.3. The monoisotopic (exact) mass is 312 g/mol. The van der Waals surface area contributed by atoms with E-state index < -0.39 is 0 Å². The Morgan fingerprint density at radius 3 is 1.41 bits per heavy atom. The minimum absolute atomic E-state index is 0.954. The molecular formula is C22H48. The Hall–Kier alpha value is 0. The van der Waals surface area contributed by atoms with Crippen LogP contribution in [0.1, 0.15) is 126 Å². The van der Waals surface area contributed by atoms with Crippen molar-refractivity contribution in [2.75, 3.05) is 0 Å². The predicted molar refractivity (Wildman–Crippen MR) is 106 cm³/mol. The Labute approximate surface area is 143 Å². The van der Waals surface area contributed by atoms with Gasteiger partial charge in [0.05, 0.1) is 0 Å². The summed E-state index contributed by atoms with van der Waals surface area (Å²) in [6.07, 6.45) is 16.9. The van der Waals surface area contributed by atoms with Crippen LogP contribution in [0, 0.1) is 17.8 Å². The van der Waals surface area contributed by atoms with Gasteiger partial charge in [0.2, 0.25) is 0 Å². The van der Waals surface area contributed by atoms with Crippen LogP contribution in [0.5, 0.6) is 0 Å². The molecule has 0 rings (SSSR count). The summed E-state index contributed by atoms with van der Waals surface area (Å²) in [7, 11) is 0. The number of hydrogen-bond acceptors (Lipinski definition) is 0. The van der Waals surface area contributed by atoms with Crippen LogP contribution in [0.15, 0.2) is 0 Å². The van der Waals surface area contributed by atoms with Gasteiger partial charge in [-0.2, -0.15) is 0 Å². The van der Waals surface area contributed by atoms with Gasteiger partial charge in [0, 0.05) is 0 Å². The molecular weight excluding hydrogens is 264 g/mol. The Balaban J connectivity index is 0. The van der Waals surface area contributed by atoms with E-state index in [0.29, 0.717) is 0 Å². The van der Waals surface area contributed by atoms with Crippen LogP contribution in [0.2, 0.25) is 0 Å². The summed E-state index contributed by atoms with van der Waals surface area (Å²) in [5.41, 5.74) is 0. The van der Waals surface area contributed by atoms with Crippen LogP contribution in [-0.4, -0.2) is 0 Å². The minimum Gasteiger partial charge on any atom is -0.0654 e. The molecule has 0 saturated heterocycles. The molecule has 0 fully saturated rings. The van der Waals surface area contributed by atoms with Gasteiger partial charge in [-0.25, -0.2) is 0 Å². The van der Waals surface area contributed by atoms with E-state index in [-0.39, 0.29) is 0 Å². The molecule has 0 aliphatic carbocycles. The average molecular weight is 313 g/mol. The lowest BCUT2D eigenvalue weighted by atomic mass is 9.87. The van der Waals surface area contributed by atoms with Crippen molar-refractivity contribution in [3.05, 3.63) is 0 Å². The van der Waals surface area contributed by atoms with Crippen molar-refractivity contribution in [3.63, 3.8) is 0 Å². The third-order valence-corrected chi connectivity index (χ3v) is 5.08. The molecule has 0 N–H and O–H groups in total. The molecule has 0 aromatic rings. The first-order chi connectivity index (χ1) is 10.5. The van der Waals surface area contributed by atoms with Crippen LogP contribution in [0.25, 0.3) is 0 Å². The highest BCUT2D eigenvalue weighted by Crippen LogP contribution is 2.24. The van der Waals surface area contributed by atoms with Crippen LogP contribution < -0.4 is 0 Å². The summed E-state index contributed by atoms with van der Waals surface area (Å²) in [5.74, 6) is 2.91. The van der Waals surface area contributed by atoms with Gasteiger partial charge in [0.15, 0.2) is 0 Å². The number of hydrogen-bond donors (Lipinski definition) is 0. The Morgan fingerprint density at radius 1 is 0.545 bits per heavy atom. The lowest BCUT2D eigenvalue weighted by Crippen LogP contribution is -2.06. The van der Waals surface area contributed by atoms with E-state index in [1.165, 1.54) is 77.0 Å². The third-order valence-electron chi connectivity index (χ3n) is 5.08. The fraction of sp³-hybridized carbons (Fsp3) is 1.00. The Morgan fingerprint density at radius 2 is 1.00 bits per heavy atom. The van der Waals surface area contributed by atoms with Crippen molar-refractivity contribution in [1.29, 1.82) is 0 Å². The smallest absolute Gasteiger partial charge is 0.0414 e. The zero-order valence-electron chi connectivity index (χ0n) is 17.2. The van der Waals surface area contributed by atoms with E-state index in [4.69, 9.17) is 0 Å². The van der Waals surface area contributed by atoms with Gasteiger partial charge in [-0.05, 0) is 24.2 Å². The van der Waals surface area contributed by atoms with Crippen LogP contribution in [0.4, 0.5) is 0 Å². The molecule has 136 valence electrons. The van der Waals surface area contributed by atoms with Gasteiger partial charge < -0.3 is 0 Å². The van der Waals surface area contributed by atoms with Gasteiger partial charge in [0.1, 0.15) is 0 Å². The molecule has 0 aromatic heterocycles. The van der Waals surface area contributed by atoms with E-state index in [0.717, 1.165) is 17.8 Å². The van der Waals surface area contributed by atoms with Crippen molar-refractivity contribution >= 4 is 0 Å². The SMILES string of the molecule is CCCCC(C)CC.CCCCC(C)CC(CC)CCCC. The van der Waals surface area contributed by atoms with Crippen molar-refractivity contribution < 1.29 is 0 Å². The van der Waals surface area contributed by atoms with Gasteiger partial charge in [-0.3, -0.25) is 0 Å². The second-order valence-electron chi connectivity index (χ2n) is 7.56. The van der Waals surface area contributed by atoms with E-state index >= 15 is 0 Å². The molecule has 22 heavy (non-hydrogen) atoms. The topological polar surface area (TPSA) is 0 Å². The summed E-state index contributed by atoms with van der Waals surface area (Å²) >= 11 is 0. The molecule has 0 heterocycles. The van der Waals surface area contributed by atoms with Crippen molar-refractivity contribution in [2.24, 2.45) is 17.8 Å². The van der Waals surface area contributed by atoms with Gasteiger partial charge >= 0.3 is 0 Å². The van der Waals surface area contributed by atoms with E-state index in [2.05, 4.69) is 48.5 Å². The zero-order valence-corrected chi connectivity index (χ0v) is 17.2. The molecule has 0 aliphatic heterocycles. The number of rotatable bonds is 13. The Bertz CT molecular complexity index is 184. The molecule has 0 heteroatoms. The average Bonchev–Trinajstić information content (AvgIpc) is 2.54. The zero-order chi connectivity index (χ0) is 17.2. The maximum atomic E-state index is 2.43. The Kier molecular flexibility index (Phi) is 21.0. The van der Waals surface area contributed by atoms with Gasteiger partial charge in [-0.1, -0.05) is 119 Å². The fourth-order valence-electron chi connectivity index (χ4n) is 2.98. The summed E-state index contributed by atoms with van der Waals surface area (Å²) in [6, 6.07) is 0. The third kappa shape index (κ3) is 18.1. The molecule has 0 nitrogen and oxygen atoms in total. The molecule has 0 saturated carbocycles. The first-order valence-electron chi connectivity index (χ1n) is 10.5. The molecule has 0 amide bonds. The summed E-state index contributed by atoms with van der Waals surface area (Å²) in [5, 5.41) is 0. The maximum Gasteiger partial charge on any atom is -0.0414 e. The van der Waals surface area contributed by atoms with E-state index in [1.54, 1.807) is 0 Å². The quantitative estimate of drug-likeness (QED) is 0.319. The van der Waals surface area contributed by atoms with E-state index in [9.17, 15) is 0 Å². The normalized spacial score (nSPS) is 14.9. The summed E-state index contributed by atoms with van der Waals surface area (Å²) in [6.45, 7) is 16.2. The lowest BCUT2D eigenvalue weighted by molar-refractivity contribution is 0.335. The van der Waals surface area contributed by atoms with E-state index in [1.807, 2.05) is 0 Å². The van der Waals surface area contributed by atoms with Crippen LogP contribution >= 0.6 is 0 Å². The molecule has 0 bridgehead atoms. The van der Waals surface area contributed by atoms with Crippen molar-refractivity contribution in [2.45, 2.75) is 126 Å². The maximum absolute atomic E-state index is 2.43. The highest BCUT2D eigenvalue weighted by molar-refractivity contribution is 4.62. The summed E-state index contributed by atoms with van der Waals surface area (Å²) < 4.78 is 0. The molecule has 3 atom stereocenters. The molecule has 0 aromatic carbocycles. The predicted octanol–water partition coefficient (Wildman–Crippen LogP) is 8.64. The minimum atomic E-state index is 0.954. The second-order valence-corrected chi connectivity index (χ2v) is 7.56. The largest absolute Gasteiger partial charge is 0.0654 e. The second kappa shape index (κ2) is 19.0. The van der Waals surface area contributed by atoms with Gasteiger partial charge in [-0.15, -0.1) is 0 Å². The highest BCUT2D eigenvalue weighted by atomic mass is 14.2. The first-order valence-corrected chi connectivity index (χ1v) is 10.5. The van der Waals surface area contributed by atoms with Gasteiger partial charge in [0.25, 0.3) is 0 Å². The molecule has 0 spiro atoms. The lowest BCUT2D eigenvalue weighted by Gasteiger charge is -2.19. The fourth-order valence-corrected chi connectivity index (χ4v) is 2.98. The molecule has 0 aliphatic rings. The van der Waals surface area contributed by atoms with Crippen molar-refractivity contribution in [1.82, 2.24) is 0 Å². The molecule has 0 radical (unpaired) electrons. The van der Waals surface area contributed by atoms with Crippen molar-refractivity contribution in [3.8, 4) is 0 Å². The number of unbranched alkanes of at least 4 members (excludes halogenated alkanes) is 3. The standard InChI is InChI=1S/C14H30.C8H18/c1-5-8-10-13(4)12-14(7-3)11-9-6-2;1-4-6-7-8(3)5-2/h13-14H,5-12H2,1-4H3;8H,4-7H2,1-3H3. The van der Waals surface area contributed by atoms with Crippen LogP contribution in [0.3, 0.4) is 0 Å². The summed E-state index contributed by atoms with van der Waals surface area (Å²) in [4.78, 5) is 0. The van der Waals surface area contributed by atoms with Crippen LogP contribution in [-0.2, 0) is 0 Å². The highest BCUT2D eigenvalue weighted by Gasteiger charge is 2.10. The molecule has 3 unspecified atom stereocenters.